The molecule has 1 aromatic heterocycles. The third-order valence-electron chi connectivity index (χ3n) is 2.80. The lowest BCUT2D eigenvalue weighted by Crippen LogP contribution is -1.99. The molecule has 87 valence electrons. The summed E-state index contributed by atoms with van der Waals surface area (Å²) in [5, 5.41) is 2.32. The molecule has 0 saturated heterocycles. The van der Waals surface area contributed by atoms with E-state index in [0.717, 1.165) is 16.8 Å². The molecular weight excluding hydrogens is 222 g/mol. The Labute approximate surface area is 106 Å². The zero-order valence-electron chi connectivity index (χ0n) is 9.84. The van der Waals surface area contributed by atoms with E-state index in [-0.39, 0.29) is 0 Å². The van der Waals surface area contributed by atoms with E-state index in [1.807, 2.05) is 48.7 Å². The quantitative estimate of drug-likeness (QED) is 0.690. The largest absolute Gasteiger partial charge is 0.487 e. The number of aromatic nitrogens is 1. The maximum Gasteiger partial charge on any atom is 0.131 e. The third kappa shape index (κ3) is 2.18. The molecule has 0 bridgehead atoms. The zero-order valence-corrected chi connectivity index (χ0v) is 9.84. The van der Waals surface area contributed by atoms with Crippen LogP contribution in [0.15, 0.2) is 60.8 Å². The van der Waals surface area contributed by atoms with E-state index in [1.54, 1.807) is 0 Å². The molecule has 2 heteroatoms. The highest BCUT2D eigenvalue weighted by molar-refractivity contribution is 5.84. The van der Waals surface area contributed by atoms with Gasteiger partial charge < -0.3 is 4.74 Å². The van der Waals surface area contributed by atoms with Gasteiger partial charge in [-0.1, -0.05) is 42.5 Å². The summed E-state index contributed by atoms with van der Waals surface area (Å²) in [6, 6.07) is 20.8. The monoisotopic (exact) mass is 234 g/mol. The van der Waals surface area contributed by atoms with Gasteiger partial charge in [0.05, 0.1) is 5.69 Å². The van der Waals surface area contributed by atoms with E-state index in [9.17, 15) is 0 Å². The highest BCUT2D eigenvalue weighted by atomic mass is 16.5. The Morgan fingerprint density at radius 2 is 1.89 bits per heavy atom. The lowest BCUT2D eigenvalue weighted by Gasteiger charge is -2.07. The van der Waals surface area contributed by atoms with Gasteiger partial charge in [0.15, 0.2) is 0 Å². The molecule has 0 unspecified atom stereocenters. The summed E-state index contributed by atoms with van der Waals surface area (Å²) in [4.78, 5) is 4.38. The summed E-state index contributed by atoms with van der Waals surface area (Å²) < 4.78 is 5.68. The van der Waals surface area contributed by atoms with Crippen molar-refractivity contribution in [3.63, 3.8) is 0 Å². The van der Waals surface area contributed by atoms with Crippen molar-refractivity contribution < 1.29 is 4.74 Å². The minimum Gasteiger partial charge on any atom is -0.487 e. The standard InChI is InChI=1S/C16H12NO/c1-2-7-14(8-3-1)18-12-16-15-9-5-4-6-13(15)10-11-17-16/h1-7,9-11H,12H2. The molecule has 0 aliphatic carbocycles. The number of rotatable bonds is 3. The van der Waals surface area contributed by atoms with Crippen LogP contribution >= 0.6 is 0 Å². The van der Waals surface area contributed by atoms with Crippen molar-refractivity contribution in [2.24, 2.45) is 0 Å². The van der Waals surface area contributed by atoms with E-state index >= 15 is 0 Å². The minimum absolute atomic E-state index is 0.460. The number of hydrogen-bond donors (Lipinski definition) is 0. The summed E-state index contributed by atoms with van der Waals surface area (Å²) in [5.41, 5.74) is 0.949. The van der Waals surface area contributed by atoms with Crippen LogP contribution in [-0.4, -0.2) is 4.98 Å². The van der Waals surface area contributed by atoms with E-state index in [0.29, 0.717) is 6.61 Å². The fourth-order valence-corrected chi connectivity index (χ4v) is 1.91. The van der Waals surface area contributed by atoms with Gasteiger partial charge in [-0.3, -0.25) is 4.98 Å². The van der Waals surface area contributed by atoms with E-state index in [1.165, 1.54) is 5.39 Å². The Hall–Kier alpha value is -2.35. The van der Waals surface area contributed by atoms with Crippen LogP contribution in [0.5, 0.6) is 5.75 Å². The van der Waals surface area contributed by atoms with Crippen LogP contribution in [0.4, 0.5) is 0 Å². The normalized spacial score (nSPS) is 10.4. The second kappa shape index (κ2) is 4.88. The number of nitrogens with zero attached hydrogens (tertiary/aromatic N) is 1. The van der Waals surface area contributed by atoms with Crippen LogP contribution in [0.25, 0.3) is 10.8 Å². The maximum absolute atomic E-state index is 5.68. The highest BCUT2D eigenvalue weighted by Crippen LogP contribution is 2.18. The Morgan fingerprint density at radius 3 is 2.78 bits per heavy atom. The van der Waals surface area contributed by atoms with Gasteiger partial charge in [-0.05, 0) is 17.5 Å². The predicted molar refractivity (Wildman–Crippen MR) is 71.4 cm³/mol. The molecule has 0 N–H and O–H groups in total. The van der Waals surface area contributed by atoms with Crippen LogP contribution in [-0.2, 0) is 6.61 Å². The molecular formula is C16H12NO. The lowest BCUT2D eigenvalue weighted by molar-refractivity contribution is 0.302. The number of hydrogen-bond acceptors (Lipinski definition) is 2. The molecule has 3 rings (SSSR count). The van der Waals surface area contributed by atoms with Crippen molar-refractivity contribution in [1.29, 1.82) is 0 Å². The molecule has 0 amide bonds. The smallest absolute Gasteiger partial charge is 0.131 e. The summed E-state index contributed by atoms with van der Waals surface area (Å²) in [7, 11) is 0. The van der Waals surface area contributed by atoms with Crippen molar-refractivity contribution >= 4 is 10.8 Å². The van der Waals surface area contributed by atoms with Crippen molar-refractivity contribution in [3.8, 4) is 5.75 Å². The fourth-order valence-electron chi connectivity index (χ4n) is 1.91. The first-order valence-corrected chi connectivity index (χ1v) is 5.85. The summed E-state index contributed by atoms with van der Waals surface area (Å²) >= 11 is 0. The van der Waals surface area contributed by atoms with Crippen molar-refractivity contribution in [2.45, 2.75) is 6.61 Å². The van der Waals surface area contributed by atoms with Gasteiger partial charge in [0.1, 0.15) is 12.4 Å². The van der Waals surface area contributed by atoms with Gasteiger partial charge in [-0.25, -0.2) is 0 Å². The Morgan fingerprint density at radius 1 is 1.00 bits per heavy atom. The number of ether oxygens (including phenoxy) is 1. The molecule has 2 aromatic carbocycles. The molecule has 18 heavy (non-hydrogen) atoms. The van der Waals surface area contributed by atoms with E-state index in [2.05, 4.69) is 23.2 Å². The molecule has 0 aliphatic heterocycles. The van der Waals surface area contributed by atoms with Crippen LogP contribution in [0.3, 0.4) is 0 Å². The molecule has 2 nitrogen and oxygen atoms in total. The summed E-state index contributed by atoms with van der Waals surface area (Å²) in [5.74, 6) is 0.743. The predicted octanol–water partition coefficient (Wildman–Crippen LogP) is 3.61. The molecule has 0 aliphatic rings. The first-order valence-electron chi connectivity index (χ1n) is 5.85. The maximum atomic E-state index is 5.68. The van der Waals surface area contributed by atoms with Crippen molar-refractivity contribution in [3.05, 3.63) is 72.6 Å². The highest BCUT2D eigenvalue weighted by Gasteiger charge is 2.02. The van der Waals surface area contributed by atoms with E-state index in [4.69, 9.17) is 4.74 Å². The van der Waals surface area contributed by atoms with Crippen LogP contribution in [0.2, 0.25) is 0 Å². The van der Waals surface area contributed by atoms with Gasteiger partial charge in [0.2, 0.25) is 0 Å². The van der Waals surface area contributed by atoms with Crippen LogP contribution < -0.4 is 4.74 Å². The molecule has 1 heterocycles. The zero-order chi connectivity index (χ0) is 12.2. The molecule has 0 saturated carbocycles. The van der Waals surface area contributed by atoms with Gasteiger partial charge >= 0.3 is 0 Å². The first-order chi connectivity index (χ1) is 8.93. The Balaban J connectivity index is 1.87. The van der Waals surface area contributed by atoms with Crippen LogP contribution in [0, 0.1) is 6.07 Å². The molecule has 3 aromatic rings. The van der Waals surface area contributed by atoms with Crippen molar-refractivity contribution in [1.82, 2.24) is 4.98 Å². The van der Waals surface area contributed by atoms with Gasteiger partial charge in [0.25, 0.3) is 0 Å². The number of para-hydroxylation sites is 1. The molecule has 1 radical (unpaired) electrons. The summed E-state index contributed by atoms with van der Waals surface area (Å²) in [6.45, 7) is 0.460. The minimum atomic E-state index is 0.460. The van der Waals surface area contributed by atoms with Gasteiger partial charge in [0, 0.05) is 17.6 Å². The molecule has 0 atom stereocenters. The second-order valence-corrected chi connectivity index (χ2v) is 3.99. The topological polar surface area (TPSA) is 22.1 Å². The van der Waals surface area contributed by atoms with Gasteiger partial charge in [-0.2, -0.15) is 0 Å². The number of benzene rings is 2. The SMILES string of the molecule is [c]1ccccc1OCc1nccc2ccccc12. The first kappa shape index (κ1) is 10.8. The average Bonchev–Trinajstić information content (AvgIpc) is 2.46. The molecule has 0 spiro atoms. The third-order valence-corrected chi connectivity index (χ3v) is 2.80. The average molecular weight is 234 g/mol. The van der Waals surface area contributed by atoms with Crippen LogP contribution in [0.1, 0.15) is 5.69 Å². The number of pyridine rings is 1. The Bertz CT molecular complexity index is 644. The summed E-state index contributed by atoms with van der Waals surface area (Å²) in [6.07, 6.45) is 1.82. The fraction of sp³-hybridized carbons (Fsp3) is 0.0625. The number of fused-ring (bicyclic) bond motifs is 1. The van der Waals surface area contributed by atoms with E-state index < -0.39 is 0 Å². The Kier molecular flexibility index (Phi) is 2.92. The lowest BCUT2D eigenvalue weighted by atomic mass is 10.1. The second-order valence-electron chi connectivity index (χ2n) is 3.99. The van der Waals surface area contributed by atoms with Gasteiger partial charge in [-0.15, -0.1) is 0 Å². The molecule has 0 fully saturated rings. The van der Waals surface area contributed by atoms with Crippen molar-refractivity contribution in [2.75, 3.05) is 0 Å².